The monoisotopic (exact) mass is 518 g/mol. The van der Waals surface area contributed by atoms with Crippen LogP contribution in [0.4, 0.5) is 4.39 Å². The van der Waals surface area contributed by atoms with Crippen LogP contribution in [-0.2, 0) is 13.0 Å². The van der Waals surface area contributed by atoms with Crippen LogP contribution in [0.1, 0.15) is 18.3 Å². The van der Waals surface area contributed by atoms with Crippen LogP contribution in [-0.4, -0.2) is 52.1 Å². The second-order valence-corrected chi connectivity index (χ2v) is 7.91. The van der Waals surface area contributed by atoms with Crippen LogP contribution in [0, 0.1) is 5.82 Å². The van der Waals surface area contributed by atoms with Crippen molar-refractivity contribution in [3.8, 4) is 28.8 Å². The largest absolute Gasteiger partial charge is 0.496 e. The first-order valence-corrected chi connectivity index (χ1v) is 11.4. The van der Waals surface area contributed by atoms with E-state index in [1.807, 2.05) is 6.92 Å². The summed E-state index contributed by atoms with van der Waals surface area (Å²) in [6.45, 7) is 1.38. The molecule has 12 heteroatoms. The number of rotatable bonds is 10. The first kappa shape index (κ1) is 25.3. The number of hydrogen-bond donors (Lipinski definition) is 2. The van der Waals surface area contributed by atoms with Crippen molar-refractivity contribution in [1.82, 2.24) is 19.5 Å². The van der Waals surface area contributed by atoms with E-state index in [1.54, 1.807) is 6.07 Å². The summed E-state index contributed by atoms with van der Waals surface area (Å²) in [7, 11) is 2.87. The fourth-order valence-electron chi connectivity index (χ4n) is 3.63. The van der Waals surface area contributed by atoms with Crippen LogP contribution in [0.3, 0.4) is 0 Å². The smallest absolute Gasteiger partial charge is 0.332 e. The zero-order valence-corrected chi connectivity index (χ0v) is 20.6. The highest BCUT2D eigenvalue weighted by Crippen LogP contribution is 2.37. The van der Waals surface area contributed by atoms with Crippen molar-refractivity contribution in [1.29, 1.82) is 0 Å². The number of benzene rings is 2. The van der Waals surface area contributed by atoms with Crippen molar-refractivity contribution in [2.75, 3.05) is 27.4 Å². The van der Waals surface area contributed by atoms with E-state index in [0.717, 1.165) is 0 Å². The zero-order valence-electron chi connectivity index (χ0n) is 19.8. The fraction of sp³-hybridized carbons (Fsp3) is 0.292. The van der Waals surface area contributed by atoms with Crippen molar-refractivity contribution in [2.45, 2.75) is 20.0 Å². The molecule has 0 aliphatic rings. The molecule has 2 aromatic carbocycles. The van der Waals surface area contributed by atoms with Gasteiger partial charge >= 0.3 is 5.69 Å². The Hall–Kier alpha value is -3.83. The van der Waals surface area contributed by atoms with E-state index in [0.29, 0.717) is 23.5 Å². The Bertz CT molecular complexity index is 1460. The van der Waals surface area contributed by atoms with Crippen LogP contribution in [0.5, 0.6) is 23.1 Å². The third-order valence-electron chi connectivity index (χ3n) is 5.33. The average molecular weight is 519 g/mol. The van der Waals surface area contributed by atoms with Crippen molar-refractivity contribution in [3.63, 3.8) is 0 Å². The Kier molecular flexibility index (Phi) is 7.61. The Morgan fingerprint density at radius 2 is 1.89 bits per heavy atom. The summed E-state index contributed by atoms with van der Waals surface area (Å²) in [4.78, 5) is 24.5. The van der Waals surface area contributed by atoms with E-state index < -0.39 is 11.5 Å². The summed E-state index contributed by atoms with van der Waals surface area (Å²) in [6.07, 6.45) is 0.506. The number of fused-ring (bicyclic) bond motifs is 1. The minimum Gasteiger partial charge on any atom is -0.496 e. The molecule has 0 aliphatic heterocycles. The lowest BCUT2D eigenvalue weighted by Gasteiger charge is -2.17. The van der Waals surface area contributed by atoms with Gasteiger partial charge in [0.2, 0.25) is 5.88 Å². The highest BCUT2D eigenvalue weighted by Gasteiger charge is 2.21. The Labute approximate surface area is 210 Å². The SMILES string of the molecule is CCc1nc(OC)c2[nH]c(=O)n(-c3cc(OCc4c(F)cccc4OC)c(OCCO)cc3Cl)c2n1. The Morgan fingerprint density at radius 3 is 2.58 bits per heavy atom. The number of aryl methyl sites for hydroxylation is 1. The van der Waals surface area contributed by atoms with Crippen molar-refractivity contribution in [3.05, 3.63) is 63.0 Å². The summed E-state index contributed by atoms with van der Waals surface area (Å²) < 4.78 is 37.8. The molecule has 36 heavy (non-hydrogen) atoms. The minimum atomic E-state index is -0.529. The lowest BCUT2D eigenvalue weighted by molar-refractivity contribution is 0.191. The molecule has 4 rings (SSSR count). The number of methoxy groups -OCH3 is 2. The van der Waals surface area contributed by atoms with Crippen LogP contribution >= 0.6 is 11.6 Å². The fourth-order valence-corrected chi connectivity index (χ4v) is 3.87. The van der Waals surface area contributed by atoms with E-state index in [4.69, 9.17) is 30.5 Å². The molecular formula is C24H24ClFN4O6. The topological polar surface area (TPSA) is 121 Å². The molecule has 0 saturated carbocycles. The molecule has 190 valence electrons. The molecule has 0 spiro atoms. The number of hydrogen-bond acceptors (Lipinski definition) is 8. The maximum Gasteiger partial charge on any atom is 0.332 e. The first-order valence-electron chi connectivity index (χ1n) is 11.0. The third-order valence-corrected chi connectivity index (χ3v) is 5.63. The van der Waals surface area contributed by atoms with Gasteiger partial charge in [0.1, 0.15) is 36.1 Å². The standard InChI is InChI=1S/C24H24ClFN4O6/c1-4-20-27-22-21(23(28-20)34-3)29-24(32)30(22)16-11-19(18(10-14(16)25)35-9-8-31)36-12-13-15(26)6-5-7-17(13)33-2/h5-7,10-11,31H,4,8-9,12H2,1-3H3,(H,29,32). The molecule has 2 aromatic heterocycles. The zero-order chi connectivity index (χ0) is 25.8. The molecule has 0 aliphatic carbocycles. The molecule has 2 N–H and O–H groups in total. The molecule has 0 unspecified atom stereocenters. The second kappa shape index (κ2) is 10.8. The maximum atomic E-state index is 14.5. The van der Waals surface area contributed by atoms with Gasteiger partial charge in [-0.2, -0.15) is 4.98 Å². The number of imidazole rings is 1. The number of aromatic amines is 1. The predicted octanol–water partition coefficient (Wildman–Crippen LogP) is 3.43. The highest BCUT2D eigenvalue weighted by molar-refractivity contribution is 6.32. The predicted molar refractivity (Wildman–Crippen MR) is 130 cm³/mol. The number of aromatic nitrogens is 4. The van der Waals surface area contributed by atoms with E-state index >= 15 is 0 Å². The minimum absolute atomic E-state index is 0.0353. The number of nitrogens with zero attached hydrogens (tertiary/aromatic N) is 3. The van der Waals surface area contributed by atoms with Gasteiger partial charge in [-0.1, -0.05) is 24.6 Å². The van der Waals surface area contributed by atoms with Gasteiger partial charge in [-0.15, -0.1) is 0 Å². The Morgan fingerprint density at radius 1 is 1.11 bits per heavy atom. The molecule has 2 heterocycles. The van der Waals surface area contributed by atoms with Gasteiger partial charge in [-0.3, -0.25) is 4.98 Å². The van der Waals surface area contributed by atoms with Gasteiger partial charge in [0.15, 0.2) is 17.1 Å². The summed E-state index contributed by atoms with van der Waals surface area (Å²) in [5.74, 6) is 0.841. The van der Waals surface area contributed by atoms with Gasteiger partial charge in [0.25, 0.3) is 0 Å². The lowest BCUT2D eigenvalue weighted by atomic mass is 10.2. The second-order valence-electron chi connectivity index (χ2n) is 7.50. The molecule has 0 saturated heterocycles. The third kappa shape index (κ3) is 4.79. The van der Waals surface area contributed by atoms with Gasteiger partial charge in [0.05, 0.1) is 37.1 Å². The Balaban J connectivity index is 1.85. The molecule has 0 atom stereocenters. The van der Waals surface area contributed by atoms with Crippen LogP contribution in [0.15, 0.2) is 35.1 Å². The van der Waals surface area contributed by atoms with Crippen molar-refractivity contribution < 1.29 is 28.4 Å². The number of aliphatic hydroxyl groups is 1. The van der Waals surface area contributed by atoms with E-state index in [1.165, 1.54) is 43.1 Å². The number of ether oxygens (including phenoxy) is 4. The van der Waals surface area contributed by atoms with E-state index in [9.17, 15) is 14.3 Å². The van der Waals surface area contributed by atoms with Crippen LogP contribution in [0.25, 0.3) is 16.9 Å². The first-order chi connectivity index (χ1) is 17.4. The van der Waals surface area contributed by atoms with Crippen molar-refractivity contribution >= 4 is 22.8 Å². The molecule has 0 bridgehead atoms. The van der Waals surface area contributed by atoms with Gasteiger partial charge < -0.3 is 24.1 Å². The highest BCUT2D eigenvalue weighted by atomic mass is 35.5. The normalized spacial score (nSPS) is 11.1. The average Bonchev–Trinajstić information content (AvgIpc) is 3.21. The number of H-pyrrole nitrogens is 1. The molecular weight excluding hydrogens is 495 g/mol. The number of halogens is 2. The molecule has 0 radical (unpaired) electrons. The van der Waals surface area contributed by atoms with Gasteiger partial charge in [-0.25, -0.2) is 18.7 Å². The summed E-state index contributed by atoms with van der Waals surface area (Å²) in [5.41, 5.74) is 0.464. The van der Waals surface area contributed by atoms with Crippen LogP contribution in [0.2, 0.25) is 5.02 Å². The lowest BCUT2D eigenvalue weighted by Crippen LogP contribution is -2.16. The summed E-state index contributed by atoms with van der Waals surface area (Å²) >= 11 is 6.56. The van der Waals surface area contributed by atoms with Gasteiger partial charge in [0, 0.05) is 18.6 Å². The molecule has 10 nitrogen and oxygen atoms in total. The summed E-state index contributed by atoms with van der Waals surface area (Å²) in [6, 6.07) is 7.36. The van der Waals surface area contributed by atoms with Crippen molar-refractivity contribution in [2.24, 2.45) is 0 Å². The quantitative estimate of drug-likeness (QED) is 0.327. The molecule has 4 aromatic rings. The summed E-state index contributed by atoms with van der Waals surface area (Å²) in [5, 5.41) is 9.37. The number of nitrogens with one attached hydrogen (secondary N) is 1. The van der Waals surface area contributed by atoms with Gasteiger partial charge in [-0.05, 0) is 12.1 Å². The maximum absolute atomic E-state index is 14.5. The van der Waals surface area contributed by atoms with E-state index in [2.05, 4.69) is 15.0 Å². The number of aliphatic hydroxyl groups excluding tert-OH is 1. The van der Waals surface area contributed by atoms with E-state index in [-0.39, 0.29) is 59.1 Å². The van der Waals surface area contributed by atoms with Crippen LogP contribution < -0.4 is 24.6 Å². The molecule has 0 amide bonds. The molecule has 0 fully saturated rings.